The average molecular weight is 305 g/mol. The third kappa shape index (κ3) is 3.22. The van der Waals surface area contributed by atoms with Crippen LogP contribution in [0.3, 0.4) is 0 Å². The van der Waals surface area contributed by atoms with Gasteiger partial charge in [0, 0.05) is 5.56 Å². The molecule has 3 nitrogen and oxygen atoms in total. The molecule has 0 saturated carbocycles. The fourth-order valence-electron chi connectivity index (χ4n) is 2.70. The average Bonchev–Trinajstić information content (AvgIpc) is 2.93. The summed E-state index contributed by atoms with van der Waals surface area (Å²) in [6.07, 6.45) is 0. The summed E-state index contributed by atoms with van der Waals surface area (Å²) in [6.45, 7) is 7.22. The molecule has 0 fully saturated rings. The normalized spacial score (nSPS) is 12.2. The molecule has 0 spiro atoms. The molecule has 0 radical (unpaired) electrons. The number of hydrogen-bond donors (Lipinski definition) is 1. The lowest BCUT2D eigenvalue weighted by Gasteiger charge is -2.23. The van der Waals surface area contributed by atoms with Gasteiger partial charge in [0.05, 0.1) is 25.1 Å². The Morgan fingerprint density at radius 1 is 1.14 bits per heavy atom. The van der Waals surface area contributed by atoms with Gasteiger partial charge in [0.25, 0.3) is 0 Å². The van der Waals surface area contributed by atoms with E-state index in [9.17, 15) is 0 Å². The second kappa shape index (κ2) is 6.96. The van der Waals surface area contributed by atoms with Gasteiger partial charge in [0.15, 0.2) is 0 Å². The molecule has 0 aliphatic heterocycles. The third-order valence-corrected chi connectivity index (χ3v) is 4.51. The van der Waals surface area contributed by atoms with Crippen LogP contribution in [0.2, 0.25) is 0 Å². The first-order valence-corrected chi connectivity index (χ1v) is 8.00. The van der Waals surface area contributed by atoms with Gasteiger partial charge in [-0.3, -0.25) is 0 Å². The van der Waals surface area contributed by atoms with Gasteiger partial charge in [0.1, 0.15) is 11.5 Å². The molecule has 2 rings (SSSR count). The summed E-state index contributed by atoms with van der Waals surface area (Å²) in [7, 11) is 3.44. The number of rotatable bonds is 6. The highest BCUT2D eigenvalue weighted by Crippen LogP contribution is 2.40. The molecule has 21 heavy (non-hydrogen) atoms. The quantitative estimate of drug-likeness (QED) is 0.872. The highest BCUT2D eigenvalue weighted by Gasteiger charge is 2.24. The number of hydrogen-bond acceptors (Lipinski definition) is 4. The Labute approximate surface area is 130 Å². The minimum atomic E-state index is 0.0838. The molecule has 114 valence electrons. The minimum absolute atomic E-state index is 0.0838. The molecule has 0 amide bonds. The molecule has 0 bridgehead atoms. The summed E-state index contributed by atoms with van der Waals surface area (Å²) in [5, 5.41) is 5.63. The van der Waals surface area contributed by atoms with Crippen molar-refractivity contribution in [2.45, 2.75) is 26.8 Å². The predicted molar refractivity (Wildman–Crippen MR) is 88.9 cm³/mol. The largest absolute Gasteiger partial charge is 0.496 e. The first kappa shape index (κ1) is 15.9. The Balaban J connectivity index is 2.58. The Kier molecular flexibility index (Phi) is 5.26. The number of benzene rings is 1. The van der Waals surface area contributed by atoms with E-state index in [1.807, 2.05) is 6.07 Å². The molecule has 2 aromatic rings. The molecular weight excluding hydrogens is 282 g/mol. The molecule has 0 aliphatic rings. The van der Waals surface area contributed by atoms with Crippen molar-refractivity contribution < 1.29 is 9.47 Å². The standard InChI is InChI=1S/C17H23NO2S/c1-6-18-16(17-13(19-4)7-8-21-17)15-12(3)9-11(2)10-14(15)20-5/h7-10,16,18H,6H2,1-5H3. The molecule has 1 N–H and O–H groups in total. The Hall–Kier alpha value is -1.52. The van der Waals surface area contributed by atoms with Crippen LogP contribution < -0.4 is 14.8 Å². The molecule has 0 saturated heterocycles. The second-order valence-corrected chi connectivity index (χ2v) is 5.99. The van der Waals surface area contributed by atoms with Crippen molar-refractivity contribution in [3.05, 3.63) is 45.1 Å². The van der Waals surface area contributed by atoms with E-state index in [1.165, 1.54) is 21.6 Å². The number of methoxy groups -OCH3 is 2. The maximum atomic E-state index is 5.63. The summed E-state index contributed by atoms with van der Waals surface area (Å²) in [5.41, 5.74) is 3.63. The number of nitrogens with one attached hydrogen (secondary N) is 1. The monoisotopic (exact) mass is 305 g/mol. The molecule has 4 heteroatoms. The maximum Gasteiger partial charge on any atom is 0.134 e. The van der Waals surface area contributed by atoms with Crippen molar-refractivity contribution in [3.8, 4) is 11.5 Å². The topological polar surface area (TPSA) is 30.5 Å². The fourth-order valence-corrected chi connectivity index (χ4v) is 3.64. The summed E-state index contributed by atoms with van der Waals surface area (Å²) >= 11 is 1.71. The van der Waals surface area contributed by atoms with E-state index in [1.54, 1.807) is 25.6 Å². The van der Waals surface area contributed by atoms with E-state index in [4.69, 9.17) is 9.47 Å². The van der Waals surface area contributed by atoms with Crippen LogP contribution in [0.5, 0.6) is 11.5 Å². The highest BCUT2D eigenvalue weighted by molar-refractivity contribution is 7.10. The molecular formula is C17H23NO2S. The highest BCUT2D eigenvalue weighted by atomic mass is 32.1. The lowest BCUT2D eigenvalue weighted by atomic mass is 9.96. The summed E-state index contributed by atoms with van der Waals surface area (Å²) in [5.74, 6) is 1.85. The van der Waals surface area contributed by atoms with E-state index in [0.29, 0.717) is 0 Å². The van der Waals surface area contributed by atoms with Gasteiger partial charge in [-0.2, -0.15) is 0 Å². The number of thiophene rings is 1. The zero-order chi connectivity index (χ0) is 15.4. The maximum absolute atomic E-state index is 5.63. The van der Waals surface area contributed by atoms with Crippen LogP contribution in [-0.4, -0.2) is 20.8 Å². The van der Waals surface area contributed by atoms with Crippen LogP contribution in [0, 0.1) is 13.8 Å². The molecule has 1 heterocycles. The van der Waals surface area contributed by atoms with Crippen molar-refractivity contribution in [1.29, 1.82) is 0 Å². The molecule has 1 unspecified atom stereocenters. The smallest absolute Gasteiger partial charge is 0.134 e. The van der Waals surface area contributed by atoms with Crippen LogP contribution in [0.1, 0.15) is 34.5 Å². The van der Waals surface area contributed by atoms with Gasteiger partial charge in [-0.25, -0.2) is 0 Å². The van der Waals surface area contributed by atoms with Gasteiger partial charge < -0.3 is 14.8 Å². The van der Waals surface area contributed by atoms with Crippen LogP contribution in [-0.2, 0) is 0 Å². The molecule has 1 atom stereocenters. The van der Waals surface area contributed by atoms with Gasteiger partial charge in [-0.15, -0.1) is 11.3 Å². The van der Waals surface area contributed by atoms with Gasteiger partial charge in [0.2, 0.25) is 0 Å². The Morgan fingerprint density at radius 2 is 1.86 bits per heavy atom. The van der Waals surface area contributed by atoms with Gasteiger partial charge in [-0.05, 0) is 49.0 Å². The van der Waals surface area contributed by atoms with Gasteiger partial charge in [-0.1, -0.05) is 13.0 Å². The van der Waals surface area contributed by atoms with E-state index >= 15 is 0 Å². The van der Waals surface area contributed by atoms with Crippen LogP contribution >= 0.6 is 11.3 Å². The van der Waals surface area contributed by atoms with E-state index < -0.39 is 0 Å². The Bertz CT molecular complexity index is 607. The number of aryl methyl sites for hydroxylation is 2. The van der Waals surface area contributed by atoms with Crippen molar-refractivity contribution in [1.82, 2.24) is 5.32 Å². The van der Waals surface area contributed by atoms with Crippen LogP contribution in [0.15, 0.2) is 23.6 Å². The van der Waals surface area contributed by atoms with E-state index in [-0.39, 0.29) is 6.04 Å². The molecule has 1 aromatic carbocycles. The van der Waals surface area contributed by atoms with Crippen molar-refractivity contribution in [3.63, 3.8) is 0 Å². The zero-order valence-electron chi connectivity index (χ0n) is 13.3. The molecule has 0 aliphatic carbocycles. The number of ether oxygens (including phenoxy) is 2. The van der Waals surface area contributed by atoms with Crippen LogP contribution in [0.4, 0.5) is 0 Å². The zero-order valence-corrected chi connectivity index (χ0v) is 14.1. The van der Waals surface area contributed by atoms with E-state index in [0.717, 1.165) is 18.0 Å². The van der Waals surface area contributed by atoms with Crippen molar-refractivity contribution in [2.75, 3.05) is 20.8 Å². The first-order chi connectivity index (χ1) is 10.1. The lowest BCUT2D eigenvalue weighted by Crippen LogP contribution is -2.23. The molecule has 1 aromatic heterocycles. The summed E-state index contributed by atoms with van der Waals surface area (Å²) in [6, 6.07) is 6.38. The van der Waals surface area contributed by atoms with Crippen LogP contribution in [0.25, 0.3) is 0 Å². The second-order valence-electron chi connectivity index (χ2n) is 5.04. The predicted octanol–water partition coefficient (Wildman–Crippen LogP) is 4.08. The fraction of sp³-hybridized carbons (Fsp3) is 0.412. The summed E-state index contributed by atoms with van der Waals surface area (Å²) < 4.78 is 11.1. The lowest BCUT2D eigenvalue weighted by molar-refractivity contribution is 0.396. The van der Waals surface area contributed by atoms with E-state index in [2.05, 4.69) is 43.6 Å². The third-order valence-electron chi connectivity index (χ3n) is 3.55. The SMILES string of the molecule is CCNC(c1sccc1OC)c1c(C)cc(C)cc1OC. The Morgan fingerprint density at radius 3 is 2.48 bits per heavy atom. The van der Waals surface area contributed by atoms with Crippen molar-refractivity contribution >= 4 is 11.3 Å². The summed E-state index contributed by atoms with van der Waals surface area (Å²) in [4.78, 5) is 1.18. The van der Waals surface area contributed by atoms with Gasteiger partial charge >= 0.3 is 0 Å². The minimum Gasteiger partial charge on any atom is -0.496 e. The van der Waals surface area contributed by atoms with Crippen molar-refractivity contribution in [2.24, 2.45) is 0 Å². The first-order valence-electron chi connectivity index (χ1n) is 7.12.